The summed E-state index contributed by atoms with van der Waals surface area (Å²) in [6.07, 6.45) is 7.87. The molecule has 6 heteroatoms. The van der Waals surface area contributed by atoms with Gasteiger partial charge in [-0.1, -0.05) is 31.9 Å². The van der Waals surface area contributed by atoms with Gasteiger partial charge in [-0.2, -0.15) is 0 Å². The quantitative estimate of drug-likeness (QED) is 0.770. The monoisotopic (exact) mass is 354 g/mol. The SMILES string of the molecule is C=C(C)COc1cccc(C(=O)NCc2nncn2C2CCCCC2)c1. The molecule has 26 heavy (non-hydrogen) atoms. The summed E-state index contributed by atoms with van der Waals surface area (Å²) in [5, 5.41) is 11.2. The minimum absolute atomic E-state index is 0.149. The van der Waals surface area contributed by atoms with Gasteiger partial charge in [0.25, 0.3) is 5.91 Å². The van der Waals surface area contributed by atoms with Crippen molar-refractivity contribution in [1.82, 2.24) is 20.1 Å². The van der Waals surface area contributed by atoms with Crippen LogP contribution in [0.3, 0.4) is 0 Å². The largest absolute Gasteiger partial charge is 0.489 e. The number of carbonyl (C=O) groups is 1. The zero-order chi connectivity index (χ0) is 18.4. The molecule has 1 aliphatic carbocycles. The number of carbonyl (C=O) groups excluding carboxylic acids is 1. The van der Waals surface area contributed by atoms with Gasteiger partial charge in [-0.25, -0.2) is 0 Å². The Morgan fingerprint density at radius 3 is 2.92 bits per heavy atom. The average Bonchev–Trinajstić information content (AvgIpc) is 3.14. The highest BCUT2D eigenvalue weighted by Gasteiger charge is 2.19. The fourth-order valence-electron chi connectivity index (χ4n) is 3.25. The molecule has 0 spiro atoms. The van der Waals surface area contributed by atoms with E-state index in [9.17, 15) is 4.79 Å². The molecule has 1 aromatic carbocycles. The van der Waals surface area contributed by atoms with Gasteiger partial charge in [-0.05, 0) is 43.5 Å². The molecular formula is C20H26N4O2. The summed E-state index contributed by atoms with van der Waals surface area (Å²) in [4.78, 5) is 12.5. The van der Waals surface area contributed by atoms with Crippen molar-refractivity contribution in [2.75, 3.05) is 6.61 Å². The van der Waals surface area contributed by atoms with E-state index in [4.69, 9.17) is 4.74 Å². The van der Waals surface area contributed by atoms with Gasteiger partial charge in [0.15, 0.2) is 5.82 Å². The number of hydrogen-bond donors (Lipinski definition) is 1. The van der Waals surface area contributed by atoms with Crippen molar-refractivity contribution in [3.8, 4) is 5.75 Å². The first-order valence-corrected chi connectivity index (χ1v) is 9.17. The van der Waals surface area contributed by atoms with Crippen LogP contribution in [0, 0.1) is 0 Å². The maximum Gasteiger partial charge on any atom is 0.251 e. The summed E-state index contributed by atoms with van der Waals surface area (Å²) in [6, 6.07) is 7.61. The maximum atomic E-state index is 12.5. The number of aromatic nitrogens is 3. The van der Waals surface area contributed by atoms with Crippen LogP contribution in [0.4, 0.5) is 0 Å². The van der Waals surface area contributed by atoms with Gasteiger partial charge in [0.1, 0.15) is 18.7 Å². The summed E-state index contributed by atoms with van der Waals surface area (Å²) in [5.41, 5.74) is 1.50. The second-order valence-corrected chi connectivity index (χ2v) is 6.90. The molecular weight excluding hydrogens is 328 g/mol. The third-order valence-electron chi connectivity index (χ3n) is 4.60. The highest BCUT2D eigenvalue weighted by Crippen LogP contribution is 2.28. The first kappa shape index (κ1) is 18.2. The van der Waals surface area contributed by atoms with E-state index in [0.29, 0.717) is 30.5 Å². The molecule has 1 heterocycles. The number of nitrogens with one attached hydrogen (secondary N) is 1. The molecule has 1 aliphatic rings. The number of hydrogen-bond acceptors (Lipinski definition) is 4. The second kappa shape index (κ2) is 8.65. The molecule has 138 valence electrons. The second-order valence-electron chi connectivity index (χ2n) is 6.90. The van der Waals surface area contributed by atoms with E-state index in [0.717, 1.165) is 24.2 Å². The summed E-state index contributed by atoms with van der Waals surface area (Å²) >= 11 is 0. The lowest BCUT2D eigenvalue weighted by Gasteiger charge is -2.24. The molecule has 1 N–H and O–H groups in total. The zero-order valence-corrected chi connectivity index (χ0v) is 15.3. The third kappa shape index (κ3) is 4.71. The molecule has 0 saturated heterocycles. The van der Waals surface area contributed by atoms with Gasteiger partial charge in [0, 0.05) is 11.6 Å². The smallest absolute Gasteiger partial charge is 0.251 e. The van der Waals surface area contributed by atoms with E-state index < -0.39 is 0 Å². The standard InChI is InChI=1S/C20H26N4O2/c1-15(2)13-26-18-10-6-7-16(11-18)20(25)21-12-19-23-22-14-24(19)17-8-4-3-5-9-17/h6-7,10-11,14,17H,1,3-5,8-9,12-13H2,2H3,(H,21,25). The molecule has 1 aromatic heterocycles. The first-order valence-electron chi connectivity index (χ1n) is 9.17. The Morgan fingerprint density at radius 2 is 2.15 bits per heavy atom. The van der Waals surface area contributed by atoms with Gasteiger partial charge in [0.05, 0.1) is 6.54 Å². The fraction of sp³-hybridized carbons (Fsp3) is 0.450. The molecule has 1 saturated carbocycles. The van der Waals surface area contributed by atoms with Crippen molar-refractivity contribution in [2.45, 2.75) is 51.6 Å². The number of benzene rings is 1. The van der Waals surface area contributed by atoms with Crippen LogP contribution < -0.4 is 10.1 Å². The summed E-state index contributed by atoms with van der Waals surface area (Å²) in [6.45, 7) is 6.52. The average molecular weight is 354 g/mol. The van der Waals surface area contributed by atoms with Crippen LogP contribution in [0.5, 0.6) is 5.75 Å². The number of rotatable bonds is 7. The predicted octanol–water partition coefficient (Wildman–Crippen LogP) is 3.67. The molecule has 0 radical (unpaired) electrons. The van der Waals surface area contributed by atoms with E-state index in [1.54, 1.807) is 18.5 Å². The Bertz CT molecular complexity index is 763. The Balaban J connectivity index is 1.60. The maximum absolute atomic E-state index is 12.5. The molecule has 0 unspecified atom stereocenters. The molecule has 1 fully saturated rings. The lowest BCUT2D eigenvalue weighted by atomic mass is 9.95. The minimum Gasteiger partial charge on any atom is -0.489 e. The summed E-state index contributed by atoms with van der Waals surface area (Å²) in [5.74, 6) is 1.31. The molecule has 0 bridgehead atoms. The lowest BCUT2D eigenvalue weighted by Crippen LogP contribution is -2.26. The normalized spacial score (nSPS) is 14.8. The van der Waals surface area contributed by atoms with Gasteiger partial charge in [-0.3, -0.25) is 4.79 Å². The van der Waals surface area contributed by atoms with Gasteiger partial charge >= 0.3 is 0 Å². The van der Waals surface area contributed by atoms with E-state index in [1.165, 1.54) is 19.3 Å². The Hall–Kier alpha value is -2.63. The Kier molecular flexibility index (Phi) is 6.04. The minimum atomic E-state index is -0.149. The molecule has 1 amide bonds. The van der Waals surface area contributed by atoms with Crippen molar-refractivity contribution < 1.29 is 9.53 Å². The van der Waals surface area contributed by atoms with Crippen molar-refractivity contribution >= 4 is 5.91 Å². The van der Waals surface area contributed by atoms with Gasteiger partial charge < -0.3 is 14.6 Å². The van der Waals surface area contributed by atoms with E-state index in [1.807, 2.05) is 19.1 Å². The summed E-state index contributed by atoms with van der Waals surface area (Å²) in [7, 11) is 0. The van der Waals surface area contributed by atoms with Crippen molar-refractivity contribution in [3.05, 3.63) is 54.1 Å². The molecule has 0 aliphatic heterocycles. The van der Waals surface area contributed by atoms with Crippen LogP contribution >= 0.6 is 0 Å². The molecule has 0 atom stereocenters. The Labute approximate surface area is 154 Å². The van der Waals surface area contributed by atoms with Crippen LogP contribution in [0.1, 0.15) is 61.3 Å². The van der Waals surface area contributed by atoms with Crippen molar-refractivity contribution in [2.24, 2.45) is 0 Å². The number of ether oxygens (including phenoxy) is 1. The first-order chi connectivity index (χ1) is 12.6. The predicted molar refractivity (Wildman–Crippen MR) is 100 cm³/mol. The van der Waals surface area contributed by atoms with E-state index in [2.05, 4.69) is 26.7 Å². The van der Waals surface area contributed by atoms with Crippen LogP contribution in [-0.2, 0) is 6.54 Å². The topological polar surface area (TPSA) is 69.0 Å². The fourth-order valence-corrected chi connectivity index (χ4v) is 3.25. The number of amides is 1. The molecule has 2 aromatic rings. The van der Waals surface area contributed by atoms with Crippen molar-refractivity contribution in [1.29, 1.82) is 0 Å². The van der Waals surface area contributed by atoms with E-state index in [-0.39, 0.29) is 5.91 Å². The number of nitrogens with zero attached hydrogens (tertiary/aromatic N) is 3. The lowest BCUT2D eigenvalue weighted by molar-refractivity contribution is 0.0948. The van der Waals surface area contributed by atoms with Crippen LogP contribution in [0.2, 0.25) is 0 Å². The van der Waals surface area contributed by atoms with Gasteiger partial charge in [0.2, 0.25) is 0 Å². The van der Waals surface area contributed by atoms with E-state index >= 15 is 0 Å². The van der Waals surface area contributed by atoms with Crippen molar-refractivity contribution in [3.63, 3.8) is 0 Å². The third-order valence-corrected chi connectivity index (χ3v) is 4.60. The van der Waals surface area contributed by atoms with Crippen LogP contribution in [0.25, 0.3) is 0 Å². The highest BCUT2D eigenvalue weighted by molar-refractivity contribution is 5.94. The Morgan fingerprint density at radius 1 is 1.35 bits per heavy atom. The molecule has 6 nitrogen and oxygen atoms in total. The van der Waals surface area contributed by atoms with Crippen LogP contribution in [-0.4, -0.2) is 27.3 Å². The molecule has 3 rings (SSSR count). The summed E-state index contributed by atoms with van der Waals surface area (Å²) < 4.78 is 7.72. The van der Waals surface area contributed by atoms with Crippen LogP contribution in [0.15, 0.2) is 42.7 Å². The van der Waals surface area contributed by atoms with Gasteiger partial charge in [-0.15, -0.1) is 10.2 Å². The highest BCUT2D eigenvalue weighted by atomic mass is 16.5. The zero-order valence-electron chi connectivity index (χ0n) is 15.3.